The molecule has 0 aliphatic carbocycles. The normalized spacial score (nSPS) is 12.1. The van der Waals surface area contributed by atoms with E-state index in [0.29, 0.717) is 0 Å². The minimum atomic E-state index is 0.741. The van der Waals surface area contributed by atoms with E-state index in [1.165, 1.54) is 0 Å². The van der Waals surface area contributed by atoms with Crippen LogP contribution in [0.5, 0.6) is 0 Å². The predicted molar refractivity (Wildman–Crippen MR) is 140 cm³/mol. The quantitative estimate of drug-likeness (QED) is 0.246. The third-order valence-corrected chi connectivity index (χ3v) is 6.00. The monoisotopic (exact) mass is 443 g/mol. The minimum Gasteiger partial charge on any atom is -0.365 e. The summed E-state index contributed by atoms with van der Waals surface area (Å²) in [5.74, 6) is 0. The molecule has 0 saturated heterocycles. The molecule has 4 aromatic rings. The van der Waals surface area contributed by atoms with Crippen molar-refractivity contribution in [1.82, 2.24) is 35.1 Å². The van der Waals surface area contributed by atoms with Gasteiger partial charge in [-0.2, -0.15) is 0 Å². The van der Waals surface area contributed by atoms with Crippen molar-refractivity contribution in [1.29, 1.82) is 0 Å². The van der Waals surface area contributed by atoms with Gasteiger partial charge < -0.3 is 19.9 Å². The van der Waals surface area contributed by atoms with Gasteiger partial charge in [-0.3, -0.25) is 4.98 Å². The lowest BCUT2D eigenvalue weighted by Gasteiger charge is -1.94. The van der Waals surface area contributed by atoms with E-state index in [9.17, 15) is 0 Å². The minimum absolute atomic E-state index is 0.741. The van der Waals surface area contributed by atoms with Crippen molar-refractivity contribution in [2.75, 3.05) is 0 Å². The molecule has 0 atom stereocenters. The molecule has 0 bridgehead atoms. The first-order valence-electron chi connectivity index (χ1n) is 10.9. The average molecular weight is 444 g/mol. The molecule has 4 N–H and O–H groups in total. The van der Waals surface area contributed by atoms with E-state index in [0.717, 1.165) is 67.0 Å². The van der Waals surface area contributed by atoms with Gasteiger partial charge in [-0.15, -0.1) is 10.2 Å². The van der Waals surface area contributed by atoms with Crippen LogP contribution in [0.15, 0.2) is 56.3 Å². The number of hydrogen-bond acceptors (Lipinski definition) is 3. The van der Waals surface area contributed by atoms with Crippen molar-refractivity contribution >= 4 is 58.3 Å². The zero-order chi connectivity index (χ0) is 23.1. The van der Waals surface area contributed by atoms with Gasteiger partial charge in [0.05, 0.1) is 28.6 Å². The Labute approximate surface area is 195 Å². The largest absolute Gasteiger partial charge is 0.365 e. The van der Waals surface area contributed by atoms with Crippen LogP contribution >= 0.6 is 0 Å². The van der Waals surface area contributed by atoms with E-state index in [2.05, 4.69) is 48.3 Å². The molecule has 34 heavy (non-hydrogen) atoms. The molecule has 7 nitrogen and oxygen atoms in total. The zero-order valence-corrected chi connectivity index (χ0v) is 18.3. The number of H-pyrrole nitrogens is 4. The van der Waals surface area contributed by atoms with Gasteiger partial charge in [0.1, 0.15) is 5.69 Å². The van der Waals surface area contributed by atoms with Crippen LogP contribution in [0.4, 0.5) is 0 Å². The fraction of sp³-hybridized carbons (Fsp3) is 0. The maximum Gasteiger partial charge on any atom is 0.113 e. The molecule has 7 heteroatoms. The highest BCUT2D eigenvalue weighted by atomic mass is 15.1. The number of fused-ring (bicyclic) bond motifs is 3. The van der Waals surface area contributed by atoms with Crippen LogP contribution in [-0.4, -0.2) is 35.1 Å². The summed E-state index contributed by atoms with van der Waals surface area (Å²) in [7, 11) is 0. The summed E-state index contributed by atoms with van der Waals surface area (Å²) in [5.41, 5.74) is 9.46. The van der Waals surface area contributed by atoms with Crippen LogP contribution in [0.2, 0.25) is 0 Å². The van der Waals surface area contributed by atoms with E-state index in [1.807, 2.05) is 73.4 Å². The molecule has 0 amide bonds. The summed E-state index contributed by atoms with van der Waals surface area (Å²) in [4.78, 5) is 17.6. The zero-order valence-electron chi connectivity index (χ0n) is 18.3. The van der Waals surface area contributed by atoms with Gasteiger partial charge in [-0.25, -0.2) is 0 Å². The van der Waals surface area contributed by atoms with Gasteiger partial charge in [-0.05, 0) is 42.5 Å². The third kappa shape index (κ3) is 3.18. The first kappa shape index (κ1) is 19.8. The summed E-state index contributed by atoms with van der Waals surface area (Å²) in [6, 6.07) is 3.99. The smallest absolute Gasteiger partial charge is 0.113 e. The van der Waals surface area contributed by atoms with Gasteiger partial charge in [0.2, 0.25) is 0 Å². The van der Waals surface area contributed by atoms with E-state index < -0.39 is 0 Å². The summed E-state index contributed by atoms with van der Waals surface area (Å²) in [6.07, 6.45) is 21.3. The average Bonchev–Trinajstić information content (AvgIpc) is 3.64. The van der Waals surface area contributed by atoms with Crippen LogP contribution in [0, 0.1) is 0 Å². The lowest BCUT2D eigenvalue weighted by Crippen LogP contribution is -1.78. The first-order chi connectivity index (χ1) is 16.7. The molecule has 6 rings (SSSR count). The van der Waals surface area contributed by atoms with Crippen molar-refractivity contribution in [2.24, 2.45) is 0 Å². The van der Waals surface area contributed by atoms with Gasteiger partial charge in [0, 0.05) is 63.6 Å². The Kier molecular flexibility index (Phi) is 4.59. The molecule has 164 valence electrons. The van der Waals surface area contributed by atoms with Crippen molar-refractivity contribution in [3.63, 3.8) is 0 Å². The molecular formula is C27H21N7. The van der Waals surface area contributed by atoms with Gasteiger partial charge in [0.25, 0.3) is 0 Å². The Morgan fingerprint density at radius 3 is 2.00 bits per heavy atom. The molecule has 0 saturated carbocycles. The number of aromatic nitrogens is 7. The Morgan fingerprint density at radius 2 is 1.35 bits per heavy atom. The number of aromatic amines is 4. The lowest BCUT2D eigenvalue weighted by atomic mass is 10.1. The van der Waals surface area contributed by atoms with Crippen molar-refractivity contribution < 1.29 is 0 Å². The van der Waals surface area contributed by atoms with Crippen LogP contribution in [-0.2, 0) is 0 Å². The lowest BCUT2D eigenvalue weighted by molar-refractivity contribution is 1.08. The van der Waals surface area contributed by atoms with Crippen LogP contribution < -0.4 is 0 Å². The summed E-state index contributed by atoms with van der Waals surface area (Å²) < 4.78 is 0. The summed E-state index contributed by atoms with van der Waals surface area (Å²) in [6.45, 7) is 7.82. The second kappa shape index (κ2) is 7.90. The van der Waals surface area contributed by atoms with E-state index in [1.54, 1.807) is 6.20 Å². The molecule has 2 aliphatic heterocycles. The standard InChI is InChI=1S/C27H21N7/c1-3-22-17(20-11-28-13-25(20)31-22)7-5-16-6-8-19-24(33-34-27(19)15-30-16)10-9-18-21-12-29-14-26(21)32-23(18)4-2/h3-15,28-29,31-32H,1-2H2/b7-5+,10-9+. The Bertz CT molecular complexity index is 1700. The van der Waals surface area contributed by atoms with Crippen molar-refractivity contribution in [2.45, 2.75) is 0 Å². The number of nitrogens with one attached hydrogen (secondary N) is 4. The SMILES string of the molecule is C=Cc1[nH]c2c[nH]cc2c1/C=C/c1ccc2c(/C=C/c3c(C=C)[nH]c4c[nH]cc34)nnc-2cn1. The maximum atomic E-state index is 4.60. The maximum absolute atomic E-state index is 4.60. The van der Waals surface area contributed by atoms with E-state index in [4.69, 9.17) is 0 Å². The number of hydrogen-bond donors (Lipinski definition) is 4. The van der Waals surface area contributed by atoms with E-state index in [-0.39, 0.29) is 0 Å². The Hall–Kier alpha value is -4.91. The molecule has 2 aliphatic rings. The van der Waals surface area contributed by atoms with Crippen molar-refractivity contribution in [3.05, 3.63) is 90.2 Å². The van der Waals surface area contributed by atoms with Crippen LogP contribution in [0.25, 0.3) is 69.5 Å². The topological polar surface area (TPSA) is 102 Å². The second-order valence-corrected chi connectivity index (χ2v) is 7.95. The predicted octanol–water partition coefficient (Wildman–Crippen LogP) is 6.22. The third-order valence-electron chi connectivity index (χ3n) is 6.00. The second-order valence-electron chi connectivity index (χ2n) is 7.95. The molecule has 0 spiro atoms. The molecule has 0 radical (unpaired) electrons. The van der Waals surface area contributed by atoms with Crippen molar-refractivity contribution in [3.8, 4) is 11.3 Å². The molecular weight excluding hydrogens is 422 g/mol. The van der Waals surface area contributed by atoms with Gasteiger partial charge in [0.15, 0.2) is 0 Å². The fourth-order valence-corrected chi connectivity index (χ4v) is 4.29. The van der Waals surface area contributed by atoms with Gasteiger partial charge >= 0.3 is 0 Å². The first-order valence-corrected chi connectivity index (χ1v) is 10.9. The summed E-state index contributed by atoms with van der Waals surface area (Å²) in [5, 5.41) is 10.9. The van der Waals surface area contributed by atoms with Crippen LogP contribution in [0.3, 0.4) is 0 Å². The van der Waals surface area contributed by atoms with E-state index >= 15 is 0 Å². The molecule has 0 aromatic carbocycles. The highest BCUT2D eigenvalue weighted by molar-refractivity contribution is 5.96. The highest BCUT2D eigenvalue weighted by Crippen LogP contribution is 2.28. The molecule has 0 fully saturated rings. The van der Waals surface area contributed by atoms with Gasteiger partial charge in [-0.1, -0.05) is 19.2 Å². The Morgan fingerprint density at radius 1 is 0.706 bits per heavy atom. The van der Waals surface area contributed by atoms with Crippen LogP contribution in [0.1, 0.15) is 33.9 Å². The molecule has 4 aromatic heterocycles. The Balaban J connectivity index is 1.34. The number of rotatable bonds is 6. The molecule has 0 unspecified atom stereocenters. The molecule has 6 heterocycles. The fourth-order valence-electron chi connectivity index (χ4n) is 4.29. The highest BCUT2D eigenvalue weighted by Gasteiger charge is 2.12. The summed E-state index contributed by atoms with van der Waals surface area (Å²) >= 11 is 0. The number of nitrogens with zero attached hydrogens (tertiary/aromatic N) is 3.